The van der Waals surface area contributed by atoms with Gasteiger partial charge in [-0.05, 0) is 42.8 Å². The van der Waals surface area contributed by atoms with Crippen molar-refractivity contribution in [2.24, 2.45) is 0 Å². The molecular weight excluding hydrogens is 348 g/mol. The monoisotopic (exact) mass is 366 g/mol. The number of halogens is 1. The number of ether oxygens (including phenoxy) is 1. The topological polar surface area (TPSA) is 29.5 Å². The first-order chi connectivity index (χ1) is 10.1. The van der Waals surface area contributed by atoms with Gasteiger partial charge in [0.1, 0.15) is 5.75 Å². The summed E-state index contributed by atoms with van der Waals surface area (Å²) >= 11 is 5.20. The van der Waals surface area contributed by atoms with Crippen molar-refractivity contribution in [1.29, 1.82) is 0 Å². The van der Waals surface area contributed by atoms with Crippen molar-refractivity contribution in [3.8, 4) is 5.75 Å². The van der Waals surface area contributed by atoms with Crippen LogP contribution in [0.15, 0.2) is 51.8 Å². The summed E-state index contributed by atoms with van der Waals surface area (Å²) in [5.74, 6) is 1.49. The molecule has 0 saturated heterocycles. The van der Waals surface area contributed by atoms with Crippen molar-refractivity contribution in [3.05, 3.63) is 58.1 Å². The van der Waals surface area contributed by atoms with Gasteiger partial charge in [0.25, 0.3) is 0 Å². The molecule has 0 spiro atoms. The predicted octanol–water partition coefficient (Wildman–Crippen LogP) is 4.46. The number of aliphatic hydroxyl groups is 1. The van der Waals surface area contributed by atoms with E-state index in [1.165, 1.54) is 10.5 Å². The fourth-order valence-corrected chi connectivity index (χ4v) is 3.40. The Kier molecular flexibility index (Phi) is 6.15. The van der Waals surface area contributed by atoms with Gasteiger partial charge in [0.05, 0.1) is 13.2 Å². The van der Waals surface area contributed by atoms with E-state index in [1.54, 1.807) is 18.9 Å². The number of aryl methyl sites for hydroxylation is 1. The standard InChI is InChI=1S/C17H19BrO2S/c1-12-4-3-5-16(8-12)21-11-14(19)9-13-10-15(20-2)6-7-17(13)18/h3-8,10,14,19H,9,11H2,1-2H3. The van der Waals surface area contributed by atoms with Crippen molar-refractivity contribution in [2.45, 2.75) is 24.3 Å². The fraction of sp³-hybridized carbons (Fsp3) is 0.294. The molecule has 2 aromatic carbocycles. The third-order valence-corrected chi connectivity index (χ3v) is 5.05. The molecule has 4 heteroatoms. The summed E-state index contributed by atoms with van der Waals surface area (Å²) in [6, 6.07) is 14.2. The van der Waals surface area contributed by atoms with Gasteiger partial charge in [-0.2, -0.15) is 0 Å². The number of thioether (sulfide) groups is 1. The third kappa shape index (κ3) is 5.06. The van der Waals surface area contributed by atoms with E-state index in [9.17, 15) is 5.11 Å². The van der Waals surface area contributed by atoms with Gasteiger partial charge >= 0.3 is 0 Å². The highest BCUT2D eigenvalue weighted by molar-refractivity contribution is 9.10. The van der Waals surface area contributed by atoms with Crippen LogP contribution in [-0.2, 0) is 6.42 Å². The van der Waals surface area contributed by atoms with Crippen LogP contribution in [0.4, 0.5) is 0 Å². The summed E-state index contributed by atoms with van der Waals surface area (Å²) < 4.78 is 6.23. The van der Waals surface area contributed by atoms with E-state index >= 15 is 0 Å². The molecule has 0 heterocycles. The maximum Gasteiger partial charge on any atom is 0.119 e. The molecule has 2 nitrogen and oxygen atoms in total. The zero-order valence-corrected chi connectivity index (χ0v) is 14.6. The second-order valence-corrected chi connectivity index (χ2v) is 6.89. The lowest BCUT2D eigenvalue weighted by Gasteiger charge is -2.13. The molecule has 0 fully saturated rings. The Morgan fingerprint density at radius 2 is 2.05 bits per heavy atom. The van der Waals surface area contributed by atoms with E-state index in [2.05, 4.69) is 41.1 Å². The molecule has 0 aromatic heterocycles. The van der Waals surface area contributed by atoms with Crippen LogP contribution in [0.2, 0.25) is 0 Å². The van der Waals surface area contributed by atoms with E-state index in [-0.39, 0.29) is 6.10 Å². The fourth-order valence-electron chi connectivity index (χ4n) is 2.04. The molecule has 1 atom stereocenters. The number of hydrogen-bond acceptors (Lipinski definition) is 3. The molecule has 1 unspecified atom stereocenters. The van der Waals surface area contributed by atoms with E-state index in [0.717, 1.165) is 15.8 Å². The average molecular weight is 367 g/mol. The molecule has 2 rings (SSSR count). The van der Waals surface area contributed by atoms with E-state index < -0.39 is 0 Å². The van der Waals surface area contributed by atoms with Crippen molar-refractivity contribution in [3.63, 3.8) is 0 Å². The second-order valence-electron chi connectivity index (χ2n) is 4.94. The Bertz CT molecular complexity index is 601. The molecular formula is C17H19BrO2S. The van der Waals surface area contributed by atoms with Gasteiger partial charge in [-0.25, -0.2) is 0 Å². The van der Waals surface area contributed by atoms with Gasteiger partial charge in [-0.3, -0.25) is 0 Å². The summed E-state index contributed by atoms with van der Waals surface area (Å²) in [6.45, 7) is 2.08. The molecule has 0 amide bonds. The SMILES string of the molecule is COc1ccc(Br)c(CC(O)CSc2cccc(C)c2)c1. The lowest BCUT2D eigenvalue weighted by Crippen LogP contribution is -2.14. The quantitative estimate of drug-likeness (QED) is 0.765. The lowest BCUT2D eigenvalue weighted by molar-refractivity contribution is 0.200. The Morgan fingerprint density at radius 3 is 2.76 bits per heavy atom. The number of aliphatic hydroxyl groups excluding tert-OH is 1. The molecule has 0 saturated carbocycles. The van der Waals surface area contributed by atoms with Gasteiger partial charge in [-0.15, -0.1) is 11.8 Å². The molecule has 112 valence electrons. The minimum absolute atomic E-state index is 0.390. The Labute approximate surface area is 138 Å². The van der Waals surface area contributed by atoms with Crippen LogP contribution in [0, 0.1) is 6.92 Å². The maximum absolute atomic E-state index is 10.2. The van der Waals surface area contributed by atoms with Crippen molar-refractivity contribution >= 4 is 27.7 Å². The summed E-state index contributed by atoms with van der Waals surface area (Å²) in [6.07, 6.45) is 0.218. The molecule has 1 N–H and O–H groups in total. The molecule has 0 aliphatic rings. The Hall–Kier alpha value is -0.970. The molecule has 0 aliphatic heterocycles. The van der Waals surface area contributed by atoms with Crippen molar-refractivity contribution < 1.29 is 9.84 Å². The minimum atomic E-state index is -0.390. The summed E-state index contributed by atoms with van der Waals surface area (Å²) in [5.41, 5.74) is 2.30. The van der Waals surface area contributed by atoms with Crippen LogP contribution in [-0.4, -0.2) is 24.1 Å². The third-order valence-electron chi connectivity index (χ3n) is 3.14. The van der Waals surface area contributed by atoms with E-state index in [0.29, 0.717) is 12.2 Å². The number of methoxy groups -OCH3 is 1. The molecule has 0 bridgehead atoms. The second kappa shape index (κ2) is 7.87. The zero-order valence-electron chi connectivity index (χ0n) is 12.2. The van der Waals surface area contributed by atoms with Gasteiger partial charge in [0, 0.05) is 21.5 Å². The number of rotatable bonds is 6. The highest BCUT2D eigenvalue weighted by Crippen LogP contribution is 2.25. The first kappa shape index (κ1) is 16.4. The van der Waals surface area contributed by atoms with Gasteiger partial charge in [0.2, 0.25) is 0 Å². The predicted molar refractivity (Wildman–Crippen MR) is 92.3 cm³/mol. The van der Waals surface area contributed by atoms with Crippen LogP contribution in [0.5, 0.6) is 5.75 Å². The van der Waals surface area contributed by atoms with E-state index in [4.69, 9.17) is 4.74 Å². The summed E-state index contributed by atoms with van der Waals surface area (Å²) in [5, 5.41) is 10.2. The van der Waals surface area contributed by atoms with Gasteiger partial charge < -0.3 is 9.84 Å². The smallest absolute Gasteiger partial charge is 0.119 e. The summed E-state index contributed by atoms with van der Waals surface area (Å²) in [4.78, 5) is 1.19. The largest absolute Gasteiger partial charge is 0.497 e. The van der Waals surface area contributed by atoms with Crippen LogP contribution >= 0.6 is 27.7 Å². The highest BCUT2D eigenvalue weighted by Gasteiger charge is 2.10. The van der Waals surface area contributed by atoms with E-state index in [1.807, 2.05) is 24.3 Å². The zero-order chi connectivity index (χ0) is 15.2. The highest BCUT2D eigenvalue weighted by atomic mass is 79.9. The summed E-state index contributed by atoms with van der Waals surface area (Å²) in [7, 11) is 1.65. The molecule has 2 aromatic rings. The maximum atomic E-state index is 10.2. The average Bonchev–Trinajstić information content (AvgIpc) is 2.47. The van der Waals surface area contributed by atoms with Crippen LogP contribution in [0.3, 0.4) is 0 Å². The lowest BCUT2D eigenvalue weighted by atomic mass is 10.1. The minimum Gasteiger partial charge on any atom is -0.497 e. The van der Waals surface area contributed by atoms with Crippen molar-refractivity contribution in [1.82, 2.24) is 0 Å². The number of benzene rings is 2. The Balaban J connectivity index is 1.94. The van der Waals surface area contributed by atoms with Gasteiger partial charge in [0.15, 0.2) is 0 Å². The first-order valence-electron chi connectivity index (χ1n) is 6.78. The van der Waals surface area contributed by atoms with Crippen LogP contribution in [0.25, 0.3) is 0 Å². The van der Waals surface area contributed by atoms with Crippen molar-refractivity contribution in [2.75, 3.05) is 12.9 Å². The van der Waals surface area contributed by atoms with Crippen LogP contribution < -0.4 is 4.74 Å². The molecule has 0 radical (unpaired) electrons. The molecule has 0 aliphatic carbocycles. The first-order valence-corrected chi connectivity index (χ1v) is 8.56. The Morgan fingerprint density at radius 1 is 1.24 bits per heavy atom. The van der Waals surface area contributed by atoms with Gasteiger partial charge in [-0.1, -0.05) is 33.6 Å². The van der Waals surface area contributed by atoms with Crippen LogP contribution in [0.1, 0.15) is 11.1 Å². The molecule has 21 heavy (non-hydrogen) atoms. The normalized spacial score (nSPS) is 12.2. The number of hydrogen-bond donors (Lipinski definition) is 1.